The minimum Gasteiger partial charge on any atom is -0.496 e. The summed E-state index contributed by atoms with van der Waals surface area (Å²) in [6.45, 7) is 8.70. The first-order valence-electron chi connectivity index (χ1n) is 9.48. The number of para-hydroxylation sites is 1. The van der Waals surface area contributed by atoms with Gasteiger partial charge in [-0.1, -0.05) is 26.0 Å². The van der Waals surface area contributed by atoms with Crippen LogP contribution in [0.5, 0.6) is 5.75 Å². The quantitative estimate of drug-likeness (QED) is 0.790. The highest BCUT2D eigenvalue weighted by Gasteiger charge is 2.24. The van der Waals surface area contributed by atoms with E-state index in [-0.39, 0.29) is 5.91 Å². The monoisotopic (exact) mass is 367 g/mol. The predicted octanol–water partition coefficient (Wildman–Crippen LogP) is 4.32. The number of methoxy groups -OCH3 is 1. The van der Waals surface area contributed by atoms with Crippen molar-refractivity contribution >= 4 is 23.0 Å². The fraction of sp³-hybridized carbons (Fsp3) is 0.409. The van der Waals surface area contributed by atoms with Gasteiger partial charge in [-0.25, -0.2) is 0 Å². The molecule has 0 aromatic heterocycles. The van der Waals surface area contributed by atoms with E-state index in [1.807, 2.05) is 24.3 Å². The van der Waals surface area contributed by atoms with E-state index in [0.29, 0.717) is 34.5 Å². The number of nitrogens with two attached hydrogens (primary N) is 1. The average molecular weight is 367 g/mol. The number of aryl methyl sites for hydroxylation is 1. The molecule has 0 bridgehead atoms. The second kappa shape index (κ2) is 7.91. The molecule has 0 spiro atoms. The number of anilines is 3. The van der Waals surface area contributed by atoms with E-state index >= 15 is 0 Å². The summed E-state index contributed by atoms with van der Waals surface area (Å²) in [5, 5.41) is 2.96. The van der Waals surface area contributed by atoms with E-state index < -0.39 is 0 Å². The fourth-order valence-electron chi connectivity index (χ4n) is 4.05. The molecule has 0 unspecified atom stereocenters. The van der Waals surface area contributed by atoms with Gasteiger partial charge in [-0.05, 0) is 55.0 Å². The van der Waals surface area contributed by atoms with Crippen LogP contribution >= 0.6 is 0 Å². The lowest BCUT2D eigenvalue weighted by Crippen LogP contribution is -2.39. The molecule has 3 N–H and O–H groups in total. The number of carbonyl (C=O) groups is 1. The zero-order valence-corrected chi connectivity index (χ0v) is 16.6. The maximum absolute atomic E-state index is 12.8. The van der Waals surface area contributed by atoms with Crippen molar-refractivity contribution in [2.75, 3.05) is 36.1 Å². The summed E-state index contributed by atoms with van der Waals surface area (Å²) in [6.07, 6.45) is 1.25. The lowest BCUT2D eigenvalue weighted by molar-refractivity contribution is 0.102. The Labute approximate surface area is 161 Å². The Morgan fingerprint density at radius 2 is 1.85 bits per heavy atom. The Morgan fingerprint density at radius 1 is 1.19 bits per heavy atom. The molecule has 1 aliphatic rings. The predicted molar refractivity (Wildman–Crippen MR) is 112 cm³/mol. The van der Waals surface area contributed by atoms with Crippen LogP contribution in [0, 0.1) is 18.8 Å². The molecule has 5 nitrogen and oxygen atoms in total. The highest BCUT2D eigenvalue weighted by molar-refractivity contribution is 6.07. The fourth-order valence-corrected chi connectivity index (χ4v) is 4.05. The Bertz CT molecular complexity index is 824. The summed E-state index contributed by atoms with van der Waals surface area (Å²) >= 11 is 0. The van der Waals surface area contributed by atoms with Crippen LogP contribution in [-0.4, -0.2) is 26.1 Å². The third kappa shape index (κ3) is 4.18. The lowest BCUT2D eigenvalue weighted by atomic mass is 9.91. The second-order valence-electron chi connectivity index (χ2n) is 7.73. The Balaban J connectivity index is 1.89. The number of rotatable bonds is 4. The van der Waals surface area contributed by atoms with Gasteiger partial charge in [0.25, 0.3) is 5.91 Å². The van der Waals surface area contributed by atoms with Gasteiger partial charge in [0, 0.05) is 18.8 Å². The molecule has 1 amide bonds. The number of nitrogen functional groups attached to an aromatic ring is 1. The van der Waals surface area contributed by atoms with Crippen molar-refractivity contribution in [3.05, 3.63) is 47.5 Å². The van der Waals surface area contributed by atoms with Crippen molar-refractivity contribution in [1.82, 2.24) is 0 Å². The number of hydrogen-bond acceptors (Lipinski definition) is 4. The van der Waals surface area contributed by atoms with Gasteiger partial charge in [-0.2, -0.15) is 0 Å². The lowest BCUT2D eigenvalue weighted by Gasteiger charge is -2.37. The van der Waals surface area contributed by atoms with Gasteiger partial charge in [0.05, 0.1) is 24.0 Å². The Morgan fingerprint density at radius 3 is 2.52 bits per heavy atom. The van der Waals surface area contributed by atoms with Crippen molar-refractivity contribution in [3.63, 3.8) is 0 Å². The van der Waals surface area contributed by atoms with Crippen LogP contribution in [0.25, 0.3) is 0 Å². The normalized spacial score (nSPS) is 19.6. The van der Waals surface area contributed by atoms with Gasteiger partial charge in [-0.3, -0.25) is 4.79 Å². The topological polar surface area (TPSA) is 67.6 Å². The molecule has 2 atom stereocenters. The molecule has 2 aromatic rings. The summed E-state index contributed by atoms with van der Waals surface area (Å²) < 4.78 is 5.30. The number of carbonyl (C=O) groups excluding carboxylic acids is 1. The molecule has 0 saturated carbocycles. The smallest absolute Gasteiger partial charge is 0.259 e. The van der Waals surface area contributed by atoms with Gasteiger partial charge in [-0.15, -0.1) is 0 Å². The number of amides is 1. The molecule has 1 fully saturated rings. The SMILES string of the molecule is COc1ccccc1C(=O)Nc1cc(N2C[C@@H](C)C[C@H](C)C2)c(C)cc1N. The maximum atomic E-state index is 12.8. The van der Waals surface area contributed by atoms with Crippen molar-refractivity contribution in [1.29, 1.82) is 0 Å². The summed E-state index contributed by atoms with van der Waals surface area (Å²) in [4.78, 5) is 15.2. The van der Waals surface area contributed by atoms with Crippen LogP contribution in [0.15, 0.2) is 36.4 Å². The molecule has 0 radical (unpaired) electrons. The van der Waals surface area contributed by atoms with E-state index in [1.54, 1.807) is 19.2 Å². The molecule has 3 rings (SSSR count). The molecular formula is C22H29N3O2. The third-order valence-electron chi connectivity index (χ3n) is 5.18. The van der Waals surface area contributed by atoms with Crippen molar-refractivity contribution in [3.8, 4) is 5.75 Å². The van der Waals surface area contributed by atoms with Crippen molar-refractivity contribution in [2.24, 2.45) is 11.8 Å². The van der Waals surface area contributed by atoms with Gasteiger partial charge in [0.15, 0.2) is 0 Å². The van der Waals surface area contributed by atoms with Crippen LogP contribution in [0.1, 0.15) is 36.2 Å². The first-order chi connectivity index (χ1) is 12.9. The number of hydrogen-bond donors (Lipinski definition) is 2. The van der Waals surface area contributed by atoms with Crippen LogP contribution in [-0.2, 0) is 0 Å². The minimum atomic E-state index is -0.227. The number of benzene rings is 2. The largest absolute Gasteiger partial charge is 0.496 e. The van der Waals surface area contributed by atoms with E-state index in [2.05, 4.69) is 31.0 Å². The summed E-state index contributed by atoms with van der Waals surface area (Å²) in [6, 6.07) is 11.1. The zero-order valence-electron chi connectivity index (χ0n) is 16.6. The van der Waals surface area contributed by atoms with Gasteiger partial charge in [0.2, 0.25) is 0 Å². The highest BCUT2D eigenvalue weighted by atomic mass is 16.5. The molecule has 1 heterocycles. The molecule has 2 aromatic carbocycles. The number of nitrogens with zero attached hydrogens (tertiary/aromatic N) is 1. The molecule has 5 heteroatoms. The Kier molecular flexibility index (Phi) is 5.59. The summed E-state index contributed by atoms with van der Waals surface area (Å²) in [7, 11) is 1.56. The third-order valence-corrected chi connectivity index (χ3v) is 5.18. The molecule has 1 saturated heterocycles. The van der Waals surface area contributed by atoms with Crippen molar-refractivity contribution < 1.29 is 9.53 Å². The number of ether oxygens (including phenoxy) is 1. The summed E-state index contributed by atoms with van der Waals surface area (Å²) in [5.74, 6) is 1.61. The van der Waals surface area contributed by atoms with E-state index in [0.717, 1.165) is 24.3 Å². The van der Waals surface area contributed by atoms with Crippen LogP contribution < -0.4 is 20.7 Å². The van der Waals surface area contributed by atoms with E-state index in [9.17, 15) is 4.79 Å². The first kappa shape index (κ1) is 19.1. The molecule has 0 aliphatic carbocycles. The standard InChI is InChI=1S/C22H29N3O2/c1-14-9-15(2)13-25(12-14)20-11-19(18(23)10-16(20)3)24-22(26)17-7-5-6-8-21(17)27-4/h5-8,10-11,14-15H,9,12-13,23H2,1-4H3,(H,24,26)/t14-,15-/m0/s1. The van der Waals surface area contributed by atoms with Crippen molar-refractivity contribution in [2.45, 2.75) is 27.2 Å². The number of piperidine rings is 1. The molecular weight excluding hydrogens is 338 g/mol. The first-order valence-corrected chi connectivity index (χ1v) is 9.48. The Hall–Kier alpha value is -2.69. The highest BCUT2D eigenvalue weighted by Crippen LogP contribution is 2.34. The minimum absolute atomic E-state index is 0.227. The summed E-state index contributed by atoms with van der Waals surface area (Å²) in [5.41, 5.74) is 10.2. The molecule has 27 heavy (non-hydrogen) atoms. The van der Waals surface area contributed by atoms with E-state index in [4.69, 9.17) is 10.5 Å². The second-order valence-corrected chi connectivity index (χ2v) is 7.73. The van der Waals surface area contributed by atoms with Gasteiger partial charge < -0.3 is 20.7 Å². The average Bonchev–Trinajstić information content (AvgIpc) is 2.63. The molecule has 144 valence electrons. The van der Waals surface area contributed by atoms with Crippen LogP contribution in [0.2, 0.25) is 0 Å². The maximum Gasteiger partial charge on any atom is 0.259 e. The van der Waals surface area contributed by atoms with Gasteiger partial charge >= 0.3 is 0 Å². The van der Waals surface area contributed by atoms with Crippen LogP contribution in [0.3, 0.4) is 0 Å². The molecule has 1 aliphatic heterocycles. The number of nitrogens with one attached hydrogen (secondary N) is 1. The van der Waals surface area contributed by atoms with Gasteiger partial charge in [0.1, 0.15) is 5.75 Å². The van der Waals surface area contributed by atoms with E-state index in [1.165, 1.54) is 6.42 Å². The zero-order chi connectivity index (χ0) is 19.6. The van der Waals surface area contributed by atoms with Crippen LogP contribution in [0.4, 0.5) is 17.1 Å².